The van der Waals surface area contributed by atoms with Crippen LogP contribution in [0.15, 0.2) is 9.85 Å². The Morgan fingerprint density at radius 1 is 1.60 bits per heavy atom. The van der Waals surface area contributed by atoms with Crippen molar-refractivity contribution in [3.05, 3.63) is 14.7 Å². The van der Waals surface area contributed by atoms with E-state index in [-0.39, 0.29) is 5.97 Å². The summed E-state index contributed by atoms with van der Waals surface area (Å²) in [5.74, 6) is -0.338. The number of nitrogens with two attached hydrogens (primary N) is 1. The van der Waals surface area contributed by atoms with Gasteiger partial charge < -0.3 is 10.5 Å². The summed E-state index contributed by atoms with van der Waals surface area (Å²) in [4.78, 5) is 12.0. The Balaban J connectivity index is 2.53. The molecule has 0 bridgehead atoms. The van der Waals surface area contributed by atoms with Crippen LogP contribution in [0.25, 0.3) is 9.40 Å². The Bertz CT molecular complexity index is 517. The van der Waals surface area contributed by atoms with E-state index in [9.17, 15) is 4.79 Å². The fourth-order valence-electron chi connectivity index (χ4n) is 1.22. The number of hydrogen-bond donors (Lipinski definition) is 1. The number of halogens is 1. The van der Waals surface area contributed by atoms with Crippen molar-refractivity contribution in [3.8, 4) is 0 Å². The molecule has 6 heteroatoms. The van der Waals surface area contributed by atoms with Gasteiger partial charge in [-0.2, -0.15) is 0 Å². The van der Waals surface area contributed by atoms with Crippen molar-refractivity contribution in [3.63, 3.8) is 0 Å². The summed E-state index contributed by atoms with van der Waals surface area (Å²) in [6.45, 7) is 2.14. The van der Waals surface area contributed by atoms with Gasteiger partial charge in [0.1, 0.15) is 4.88 Å². The average molecular weight is 306 g/mol. The third-order valence-corrected chi connectivity index (χ3v) is 5.41. The van der Waals surface area contributed by atoms with Crippen LogP contribution in [-0.2, 0) is 4.74 Å². The van der Waals surface area contributed by atoms with E-state index in [1.54, 1.807) is 6.92 Å². The van der Waals surface area contributed by atoms with Gasteiger partial charge in [-0.3, -0.25) is 0 Å². The first-order valence-electron chi connectivity index (χ1n) is 4.27. The van der Waals surface area contributed by atoms with Crippen molar-refractivity contribution in [2.24, 2.45) is 0 Å². The second kappa shape index (κ2) is 4.11. The zero-order valence-electron chi connectivity index (χ0n) is 7.87. The minimum absolute atomic E-state index is 0.338. The number of fused-ring (bicyclic) bond motifs is 1. The van der Waals surface area contributed by atoms with Gasteiger partial charge in [0.05, 0.1) is 21.7 Å². The number of carbonyl (C=O) groups is 1. The van der Waals surface area contributed by atoms with E-state index in [2.05, 4.69) is 15.9 Å². The standard InChI is InChI=1S/C9H8BrNO2S2/c1-2-13-9(12)8-5(11)7-6(15-8)4(10)3-14-7/h3H,2,11H2,1H3. The van der Waals surface area contributed by atoms with Crippen LogP contribution >= 0.6 is 38.6 Å². The number of rotatable bonds is 2. The van der Waals surface area contributed by atoms with Gasteiger partial charge in [-0.05, 0) is 22.9 Å². The Morgan fingerprint density at radius 3 is 2.93 bits per heavy atom. The molecule has 0 radical (unpaired) electrons. The van der Waals surface area contributed by atoms with Gasteiger partial charge in [-0.15, -0.1) is 22.7 Å². The smallest absolute Gasteiger partial charge is 0.350 e. The van der Waals surface area contributed by atoms with Crippen molar-refractivity contribution in [2.45, 2.75) is 6.92 Å². The second-order valence-corrected chi connectivity index (χ2v) is 5.56. The summed E-state index contributed by atoms with van der Waals surface area (Å²) in [6.07, 6.45) is 0. The maximum atomic E-state index is 11.5. The summed E-state index contributed by atoms with van der Waals surface area (Å²) in [6, 6.07) is 0. The molecule has 2 aromatic heterocycles. The number of esters is 1. The minimum atomic E-state index is -0.338. The quantitative estimate of drug-likeness (QED) is 0.864. The molecule has 2 aromatic rings. The molecule has 0 aliphatic carbocycles. The summed E-state index contributed by atoms with van der Waals surface area (Å²) >= 11 is 6.31. The second-order valence-electron chi connectivity index (χ2n) is 2.81. The molecular weight excluding hydrogens is 298 g/mol. The highest BCUT2D eigenvalue weighted by Gasteiger charge is 2.19. The summed E-state index contributed by atoms with van der Waals surface area (Å²) in [5, 5.41) is 1.96. The monoisotopic (exact) mass is 305 g/mol. The maximum absolute atomic E-state index is 11.5. The van der Waals surface area contributed by atoms with Gasteiger partial charge >= 0.3 is 5.97 Å². The molecule has 2 rings (SSSR count). The van der Waals surface area contributed by atoms with Gasteiger partial charge in [-0.25, -0.2) is 4.79 Å². The predicted molar refractivity (Wildman–Crippen MR) is 67.8 cm³/mol. The average Bonchev–Trinajstić information content (AvgIpc) is 2.70. The highest BCUT2D eigenvalue weighted by Crippen LogP contribution is 2.42. The van der Waals surface area contributed by atoms with Crippen LogP contribution in [0.2, 0.25) is 0 Å². The van der Waals surface area contributed by atoms with E-state index in [4.69, 9.17) is 10.5 Å². The van der Waals surface area contributed by atoms with E-state index in [0.29, 0.717) is 17.2 Å². The number of hydrogen-bond acceptors (Lipinski definition) is 5. The molecule has 3 nitrogen and oxygen atoms in total. The fraction of sp³-hybridized carbons (Fsp3) is 0.222. The number of ether oxygens (including phenoxy) is 1. The van der Waals surface area contributed by atoms with Crippen LogP contribution in [0, 0.1) is 0 Å². The highest BCUT2D eigenvalue weighted by atomic mass is 79.9. The lowest BCUT2D eigenvalue weighted by molar-refractivity contribution is 0.0533. The van der Waals surface area contributed by atoms with Gasteiger partial charge in [0.2, 0.25) is 0 Å². The molecule has 2 N–H and O–H groups in total. The van der Waals surface area contributed by atoms with Crippen LogP contribution in [0.4, 0.5) is 5.69 Å². The maximum Gasteiger partial charge on any atom is 0.350 e. The van der Waals surface area contributed by atoms with E-state index in [0.717, 1.165) is 13.9 Å². The zero-order chi connectivity index (χ0) is 11.0. The SMILES string of the molecule is CCOC(=O)c1sc2c(Br)csc2c1N. The third kappa shape index (κ3) is 1.77. The molecule has 0 aliphatic rings. The molecule has 0 atom stereocenters. The molecule has 0 aromatic carbocycles. The molecular formula is C9H8BrNO2S2. The third-order valence-electron chi connectivity index (χ3n) is 1.86. The highest BCUT2D eigenvalue weighted by molar-refractivity contribution is 9.10. The normalized spacial score (nSPS) is 10.8. The van der Waals surface area contributed by atoms with Crippen LogP contribution in [0.1, 0.15) is 16.6 Å². The first kappa shape index (κ1) is 10.9. The molecule has 2 heterocycles. The molecule has 0 amide bonds. The van der Waals surface area contributed by atoms with Crippen LogP contribution in [-0.4, -0.2) is 12.6 Å². The van der Waals surface area contributed by atoms with Crippen molar-refractivity contribution in [1.29, 1.82) is 0 Å². The molecule has 15 heavy (non-hydrogen) atoms. The van der Waals surface area contributed by atoms with E-state index < -0.39 is 0 Å². The number of anilines is 1. The first-order chi connectivity index (χ1) is 7.15. The van der Waals surface area contributed by atoms with Gasteiger partial charge in [0.15, 0.2) is 0 Å². The predicted octanol–water partition coefficient (Wildman–Crippen LogP) is 3.48. The Hall–Kier alpha value is -0.590. The van der Waals surface area contributed by atoms with Crippen LogP contribution in [0.5, 0.6) is 0 Å². The topological polar surface area (TPSA) is 52.3 Å². The summed E-state index contributed by atoms with van der Waals surface area (Å²) in [7, 11) is 0. The van der Waals surface area contributed by atoms with Gasteiger partial charge in [-0.1, -0.05) is 0 Å². The van der Waals surface area contributed by atoms with E-state index in [1.807, 2.05) is 5.38 Å². The lowest BCUT2D eigenvalue weighted by Crippen LogP contribution is -2.04. The molecule has 0 fully saturated rings. The lowest BCUT2D eigenvalue weighted by atomic mass is 10.4. The van der Waals surface area contributed by atoms with Gasteiger partial charge in [0, 0.05) is 9.85 Å². The molecule has 0 spiro atoms. The lowest BCUT2D eigenvalue weighted by Gasteiger charge is -1.98. The van der Waals surface area contributed by atoms with Crippen molar-refractivity contribution < 1.29 is 9.53 Å². The summed E-state index contributed by atoms with van der Waals surface area (Å²) in [5.41, 5.74) is 6.41. The van der Waals surface area contributed by atoms with Gasteiger partial charge in [0.25, 0.3) is 0 Å². The Kier molecular flexibility index (Phi) is 2.99. The van der Waals surface area contributed by atoms with Crippen molar-refractivity contribution in [1.82, 2.24) is 0 Å². The fourth-order valence-corrected chi connectivity index (χ4v) is 4.18. The zero-order valence-corrected chi connectivity index (χ0v) is 11.1. The molecule has 0 unspecified atom stereocenters. The Labute approximate surface area is 103 Å². The Morgan fingerprint density at radius 2 is 2.33 bits per heavy atom. The van der Waals surface area contributed by atoms with E-state index >= 15 is 0 Å². The van der Waals surface area contributed by atoms with E-state index in [1.165, 1.54) is 22.7 Å². The first-order valence-corrected chi connectivity index (χ1v) is 6.76. The minimum Gasteiger partial charge on any atom is -0.462 e. The summed E-state index contributed by atoms with van der Waals surface area (Å²) < 4.78 is 7.88. The molecule has 80 valence electrons. The number of carbonyl (C=O) groups excluding carboxylic acids is 1. The number of thiophene rings is 2. The van der Waals surface area contributed by atoms with Crippen LogP contribution < -0.4 is 5.73 Å². The molecule has 0 saturated carbocycles. The van der Waals surface area contributed by atoms with Crippen LogP contribution in [0.3, 0.4) is 0 Å². The molecule has 0 saturated heterocycles. The molecule has 0 aliphatic heterocycles. The van der Waals surface area contributed by atoms with Crippen molar-refractivity contribution >= 4 is 59.7 Å². The van der Waals surface area contributed by atoms with Crippen molar-refractivity contribution in [2.75, 3.05) is 12.3 Å². The largest absolute Gasteiger partial charge is 0.462 e. The number of nitrogen functional groups attached to an aromatic ring is 1.